The van der Waals surface area contributed by atoms with Crippen LogP contribution in [0, 0.1) is 4.77 Å². The molecule has 0 spiro atoms. The third kappa shape index (κ3) is 7.45. The maximum absolute atomic E-state index is 12.0. The zero-order valence-corrected chi connectivity index (χ0v) is 30.4. The second kappa shape index (κ2) is 11.1. The lowest BCUT2D eigenvalue weighted by Gasteiger charge is -2.44. The maximum Gasteiger partial charge on any atom is 0.251 e. The molecule has 11 heteroatoms. The Morgan fingerprint density at radius 3 is 1.71 bits per heavy atom. The lowest BCUT2D eigenvalue weighted by Crippen LogP contribution is -2.54. The fourth-order valence-corrected chi connectivity index (χ4v) is 7.39. The predicted molar refractivity (Wildman–Crippen MR) is 167 cm³/mol. The minimum atomic E-state index is -2.25. The summed E-state index contributed by atoms with van der Waals surface area (Å²) >= 11 is 5.59. The molecule has 38 heavy (non-hydrogen) atoms. The van der Waals surface area contributed by atoms with Crippen LogP contribution in [0.1, 0.15) is 68.5 Å². The highest BCUT2D eigenvalue weighted by atomic mass is 32.1. The molecule has 1 aromatic rings. The van der Waals surface area contributed by atoms with Crippen molar-refractivity contribution in [3.05, 3.63) is 27.4 Å². The SMILES string of the molecule is CC(C)(C)[Si](C)(C)OC[C@H]1O[C@@H](n2ccc(=O)[nH]c2=S)C(O[Si](C)(C)C(C)(C)C)C1O[Si](C)(C)C(C)(C)C. The molecule has 1 aliphatic rings. The first kappa shape index (κ1) is 33.8. The number of rotatable bonds is 8. The van der Waals surface area contributed by atoms with Crippen LogP contribution in [0.15, 0.2) is 17.1 Å². The van der Waals surface area contributed by atoms with E-state index in [4.69, 9.17) is 30.2 Å². The molecule has 1 aliphatic heterocycles. The summed E-state index contributed by atoms with van der Waals surface area (Å²) in [6.07, 6.45) is 0.0706. The molecular weight excluding hydrogens is 549 g/mol. The van der Waals surface area contributed by atoms with Gasteiger partial charge in [0.25, 0.3) is 5.56 Å². The normalized spacial score (nSPS) is 24.2. The number of aromatic amines is 1. The van der Waals surface area contributed by atoms with E-state index in [2.05, 4.69) is 107 Å². The van der Waals surface area contributed by atoms with Crippen molar-refractivity contribution >= 4 is 37.2 Å². The molecular formula is C27H54N2O5SSi3. The summed E-state index contributed by atoms with van der Waals surface area (Å²) < 4.78 is 29.9. The van der Waals surface area contributed by atoms with Crippen LogP contribution < -0.4 is 5.56 Å². The van der Waals surface area contributed by atoms with E-state index < -0.39 is 37.3 Å². The van der Waals surface area contributed by atoms with E-state index in [1.807, 2.05) is 4.57 Å². The Hall–Kier alpha value is -0.409. The van der Waals surface area contributed by atoms with Crippen LogP contribution >= 0.6 is 12.2 Å². The molecule has 1 aromatic heterocycles. The van der Waals surface area contributed by atoms with E-state index in [1.54, 1.807) is 6.20 Å². The highest BCUT2D eigenvalue weighted by Crippen LogP contribution is 2.46. The van der Waals surface area contributed by atoms with Gasteiger partial charge in [-0.3, -0.25) is 14.3 Å². The van der Waals surface area contributed by atoms with E-state index in [-0.39, 0.29) is 32.9 Å². The van der Waals surface area contributed by atoms with E-state index >= 15 is 0 Å². The van der Waals surface area contributed by atoms with Crippen LogP contribution in [0.4, 0.5) is 0 Å². The minimum Gasteiger partial charge on any atom is -0.414 e. The zero-order chi connectivity index (χ0) is 29.7. The first-order chi connectivity index (χ1) is 16.8. The van der Waals surface area contributed by atoms with Gasteiger partial charge in [-0.05, 0) is 66.6 Å². The molecule has 2 rings (SSSR count). The van der Waals surface area contributed by atoms with Crippen molar-refractivity contribution in [3.8, 4) is 0 Å². The van der Waals surface area contributed by atoms with Gasteiger partial charge in [-0.25, -0.2) is 0 Å². The number of ether oxygens (including phenoxy) is 1. The summed E-state index contributed by atoms with van der Waals surface area (Å²) in [5, 5.41) is 0.0618. The summed E-state index contributed by atoms with van der Waals surface area (Å²) in [6.45, 7) is 34.1. The average molecular weight is 603 g/mol. The fourth-order valence-electron chi connectivity index (χ4n) is 3.50. The van der Waals surface area contributed by atoms with Crippen molar-refractivity contribution in [2.45, 2.75) is 141 Å². The van der Waals surface area contributed by atoms with Gasteiger partial charge >= 0.3 is 0 Å². The fraction of sp³-hybridized carbons (Fsp3) is 0.852. The maximum atomic E-state index is 12.0. The van der Waals surface area contributed by atoms with Crippen LogP contribution in [-0.2, 0) is 18.0 Å². The lowest BCUT2D eigenvalue weighted by atomic mass is 10.1. The third-order valence-electron chi connectivity index (χ3n) is 9.30. The molecule has 0 amide bonds. The second-order valence-corrected chi connectivity index (χ2v) is 30.0. The van der Waals surface area contributed by atoms with Gasteiger partial charge in [-0.1, -0.05) is 62.3 Å². The number of hydrogen-bond acceptors (Lipinski definition) is 6. The Labute approximate surface area is 239 Å². The van der Waals surface area contributed by atoms with Crippen molar-refractivity contribution in [1.29, 1.82) is 0 Å². The van der Waals surface area contributed by atoms with Gasteiger partial charge in [0.05, 0.1) is 6.61 Å². The minimum absolute atomic E-state index is 0.00570. The molecule has 1 saturated heterocycles. The lowest BCUT2D eigenvalue weighted by molar-refractivity contribution is -0.0501. The number of hydrogen-bond donors (Lipinski definition) is 1. The van der Waals surface area contributed by atoms with Crippen molar-refractivity contribution in [2.75, 3.05) is 6.61 Å². The molecule has 7 nitrogen and oxygen atoms in total. The van der Waals surface area contributed by atoms with E-state index in [0.717, 1.165) is 0 Å². The van der Waals surface area contributed by atoms with Crippen molar-refractivity contribution in [3.63, 3.8) is 0 Å². The zero-order valence-electron chi connectivity index (χ0n) is 26.6. The first-order valence-electron chi connectivity index (χ1n) is 13.8. The Balaban J connectivity index is 2.65. The number of H-pyrrole nitrogens is 1. The van der Waals surface area contributed by atoms with Gasteiger partial charge in [0, 0.05) is 12.3 Å². The van der Waals surface area contributed by atoms with E-state index in [9.17, 15) is 4.79 Å². The Morgan fingerprint density at radius 2 is 1.29 bits per heavy atom. The summed E-state index contributed by atoms with van der Waals surface area (Å²) in [7, 11) is -6.52. The Bertz CT molecular complexity index is 1080. The summed E-state index contributed by atoms with van der Waals surface area (Å²) in [6, 6.07) is 1.48. The van der Waals surface area contributed by atoms with Crippen LogP contribution in [0.5, 0.6) is 0 Å². The number of aromatic nitrogens is 2. The summed E-state index contributed by atoms with van der Waals surface area (Å²) in [5.41, 5.74) is -0.238. The van der Waals surface area contributed by atoms with Crippen LogP contribution in [0.3, 0.4) is 0 Å². The highest BCUT2D eigenvalue weighted by molar-refractivity contribution is 7.71. The molecule has 220 valence electrons. The summed E-state index contributed by atoms with van der Waals surface area (Å²) in [5.74, 6) is 0. The Kier molecular flexibility index (Phi) is 9.88. The molecule has 0 radical (unpaired) electrons. The summed E-state index contributed by atoms with van der Waals surface area (Å²) in [4.78, 5) is 14.7. The molecule has 0 saturated carbocycles. The molecule has 1 fully saturated rings. The number of nitrogens with one attached hydrogen (secondary N) is 1. The van der Waals surface area contributed by atoms with Crippen molar-refractivity contribution < 1.29 is 18.0 Å². The standard InChI is InChI=1S/C27H54N2O5SSi3/c1-25(2,3)36(10,11)31-18-19-21(33-37(12,13)26(4,5)6)22(34-38(14,15)27(7,8)9)23(32-19)29-17-16-20(30)28-24(29)35/h16-17,19,21-23H,18H2,1-15H3,(H,28,30,35)/t19-,21?,22?,23-/m1/s1. The molecule has 4 atom stereocenters. The van der Waals surface area contributed by atoms with Crippen LogP contribution in [0.25, 0.3) is 0 Å². The van der Waals surface area contributed by atoms with Gasteiger partial charge in [-0.15, -0.1) is 0 Å². The third-order valence-corrected chi connectivity index (χ3v) is 23.1. The largest absolute Gasteiger partial charge is 0.414 e. The van der Waals surface area contributed by atoms with Crippen molar-refractivity contribution in [1.82, 2.24) is 9.55 Å². The molecule has 2 unspecified atom stereocenters. The predicted octanol–water partition coefficient (Wildman–Crippen LogP) is 7.61. The van der Waals surface area contributed by atoms with Gasteiger partial charge in [0.15, 0.2) is 36.0 Å². The van der Waals surface area contributed by atoms with Gasteiger partial charge < -0.3 is 18.0 Å². The number of nitrogens with zero attached hydrogens (tertiary/aromatic N) is 1. The van der Waals surface area contributed by atoms with Crippen LogP contribution in [0.2, 0.25) is 54.4 Å². The van der Waals surface area contributed by atoms with Gasteiger partial charge in [-0.2, -0.15) is 0 Å². The molecule has 0 bridgehead atoms. The Morgan fingerprint density at radius 1 is 0.842 bits per heavy atom. The van der Waals surface area contributed by atoms with Crippen LogP contribution in [-0.4, -0.2) is 59.4 Å². The first-order valence-corrected chi connectivity index (χ1v) is 22.9. The van der Waals surface area contributed by atoms with Gasteiger partial charge in [0.1, 0.15) is 18.3 Å². The topological polar surface area (TPSA) is 74.7 Å². The average Bonchev–Trinajstić information content (AvgIpc) is 3.00. The highest BCUT2D eigenvalue weighted by Gasteiger charge is 2.55. The second-order valence-electron chi connectivity index (χ2n) is 15.3. The van der Waals surface area contributed by atoms with E-state index in [0.29, 0.717) is 11.4 Å². The monoisotopic (exact) mass is 602 g/mol. The molecule has 2 heterocycles. The molecule has 1 N–H and O–H groups in total. The molecule has 0 aromatic carbocycles. The van der Waals surface area contributed by atoms with Gasteiger partial charge in [0.2, 0.25) is 0 Å². The smallest absolute Gasteiger partial charge is 0.251 e. The molecule has 0 aliphatic carbocycles. The van der Waals surface area contributed by atoms with Crippen molar-refractivity contribution in [2.24, 2.45) is 0 Å². The quantitative estimate of drug-likeness (QED) is 0.244. The van der Waals surface area contributed by atoms with E-state index in [1.165, 1.54) is 6.07 Å².